The van der Waals surface area contributed by atoms with Crippen molar-refractivity contribution in [1.29, 1.82) is 0 Å². The Morgan fingerprint density at radius 2 is 1.92 bits per heavy atom. The van der Waals surface area contributed by atoms with E-state index in [0.717, 1.165) is 17.3 Å². The molecular formula is C12H25N. The first-order valence-corrected chi connectivity index (χ1v) is 5.84. The fourth-order valence-electron chi connectivity index (χ4n) is 2.81. The highest BCUT2D eigenvalue weighted by molar-refractivity contribution is 5.07. The van der Waals surface area contributed by atoms with Gasteiger partial charge in [-0.3, -0.25) is 0 Å². The van der Waals surface area contributed by atoms with E-state index < -0.39 is 0 Å². The van der Waals surface area contributed by atoms with Gasteiger partial charge in [-0.05, 0) is 43.7 Å². The molecule has 0 spiro atoms. The van der Waals surface area contributed by atoms with E-state index in [-0.39, 0.29) is 0 Å². The van der Waals surface area contributed by atoms with Crippen LogP contribution in [0.15, 0.2) is 0 Å². The summed E-state index contributed by atoms with van der Waals surface area (Å²) < 4.78 is 0. The van der Waals surface area contributed by atoms with Gasteiger partial charge in [0.05, 0.1) is 0 Å². The highest BCUT2D eigenvalue weighted by atomic mass is 15.1. The Hall–Kier alpha value is -0.0400. The van der Waals surface area contributed by atoms with Crippen LogP contribution in [0.4, 0.5) is 0 Å². The number of piperidine rings is 1. The Morgan fingerprint density at radius 1 is 1.31 bits per heavy atom. The van der Waals surface area contributed by atoms with Crippen LogP contribution in [-0.4, -0.2) is 25.0 Å². The summed E-state index contributed by atoms with van der Waals surface area (Å²) in [7, 11) is 2.25. The van der Waals surface area contributed by atoms with E-state index in [0.29, 0.717) is 0 Å². The quantitative estimate of drug-likeness (QED) is 0.604. The summed E-state index contributed by atoms with van der Waals surface area (Å²) in [6, 6.07) is 0. The van der Waals surface area contributed by atoms with E-state index >= 15 is 0 Å². The first kappa shape index (κ1) is 11.0. The lowest BCUT2D eigenvalue weighted by Crippen LogP contribution is -2.33. The van der Waals surface area contributed by atoms with Crippen LogP contribution in [0.25, 0.3) is 0 Å². The number of hydrogen-bond donors (Lipinski definition) is 0. The lowest BCUT2D eigenvalue weighted by molar-refractivity contribution is 0.172. The van der Waals surface area contributed by atoms with Gasteiger partial charge in [-0.25, -0.2) is 0 Å². The number of fused-ring (bicyclic) bond motifs is 1. The zero-order chi connectivity index (χ0) is 10.1. The van der Waals surface area contributed by atoms with Gasteiger partial charge in [-0.15, -0.1) is 0 Å². The summed E-state index contributed by atoms with van der Waals surface area (Å²) >= 11 is 0. The zero-order valence-electron chi connectivity index (χ0n) is 9.93. The van der Waals surface area contributed by atoms with Gasteiger partial charge in [-0.1, -0.05) is 27.7 Å². The summed E-state index contributed by atoms with van der Waals surface area (Å²) in [6.07, 6.45) is 2.96. The molecule has 0 amide bonds. The van der Waals surface area contributed by atoms with Gasteiger partial charge in [0, 0.05) is 6.54 Å². The molecule has 1 nitrogen and oxygen atoms in total. The molecule has 0 aromatic carbocycles. The Bertz CT molecular complexity index is 165. The monoisotopic (exact) mass is 183 g/mol. The molecular weight excluding hydrogens is 158 g/mol. The molecule has 2 aliphatic rings. The van der Waals surface area contributed by atoms with Crippen molar-refractivity contribution in [1.82, 2.24) is 4.90 Å². The van der Waals surface area contributed by atoms with E-state index in [9.17, 15) is 0 Å². The molecule has 0 bridgehead atoms. The second-order valence-electron chi connectivity index (χ2n) is 4.80. The molecule has 13 heavy (non-hydrogen) atoms. The van der Waals surface area contributed by atoms with Crippen molar-refractivity contribution in [3.63, 3.8) is 0 Å². The fraction of sp³-hybridized carbons (Fsp3) is 1.00. The van der Waals surface area contributed by atoms with Gasteiger partial charge in [0.2, 0.25) is 0 Å². The maximum Gasteiger partial charge on any atom is 0.00122 e. The van der Waals surface area contributed by atoms with Crippen molar-refractivity contribution in [2.45, 2.75) is 40.5 Å². The molecule has 2 rings (SSSR count). The van der Waals surface area contributed by atoms with Crippen LogP contribution in [0.5, 0.6) is 0 Å². The molecule has 78 valence electrons. The summed E-state index contributed by atoms with van der Waals surface area (Å²) in [5.41, 5.74) is 0.784. The van der Waals surface area contributed by atoms with Crippen LogP contribution in [0, 0.1) is 17.3 Å². The molecule has 1 heterocycles. The molecule has 1 heteroatoms. The van der Waals surface area contributed by atoms with Crippen molar-refractivity contribution in [3.8, 4) is 0 Å². The van der Waals surface area contributed by atoms with E-state index in [1.54, 1.807) is 0 Å². The number of rotatable bonds is 1. The normalized spacial score (nSPS) is 37.8. The summed E-state index contributed by atoms with van der Waals surface area (Å²) in [5.74, 6) is 1.96. The Kier molecular flexibility index (Phi) is 3.39. The molecule has 0 N–H and O–H groups in total. The topological polar surface area (TPSA) is 3.24 Å². The minimum Gasteiger partial charge on any atom is -0.306 e. The van der Waals surface area contributed by atoms with Gasteiger partial charge in [0.25, 0.3) is 0 Å². The van der Waals surface area contributed by atoms with Crippen LogP contribution in [0.2, 0.25) is 0 Å². The number of likely N-dealkylation sites (tertiary alicyclic amines) is 1. The maximum atomic E-state index is 2.48. The van der Waals surface area contributed by atoms with E-state index in [1.807, 2.05) is 13.8 Å². The molecule has 1 saturated heterocycles. The van der Waals surface area contributed by atoms with E-state index in [2.05, 4.69) is 25.8 Å². The molecule has 1 aliphatic heterocycles. The molecule has 2 unspecified atom stereocenters. The van der Waals surface area contributed by atoms with E-state index in [1.165, 1.54) is 25.9 Å². The standard InChI is InChI=1S/C10H19N.C2H6/c1-8(2)10-4-5-11(3)7-9(10)6-10;1-2/h8-9H,4-7H2,1-3H3;1-2H3. The third-order valence-electron chi connectivity index (χ3n) is 3.92. The van der Waals surface area contributed by atoms with Crippen LogP contribution in [0.1, 0.15) is 40.5 Å². The van der Waals surface area contributed by atoms with Crippen molar-refractivity contribution < 1.29 is 0 Å². The minimum absolute atomic E-state index is 0.784. The van der Waals surface area contributed by atoms with Gasteiger partial charge in [0.1, 0.15) is 0 Å². The Morgan fingerprint density at radius 3 is 2.38 bits per heavy atom. The lowest BCUT2D eigenvalue weighted by atomic mass is 9.84. The summed E-state index contributed by atoms with van der Waals surface area (Å²) in [4.78, 5) is 2.48. The van der Waals surface area contributed by atoms with Crippen LogP contribution < -0.4 is 0 Å². The molecule has 2 fully saturated rings. The number of hydrogen-bond acceptors (Lipinski definition) is 1. The van der Waals surface area contributed by atoms with Gasteiger partial charge < -0.3 is 4.90 Å². The van der Waals surface area contributed by atoms with Crippen molar-refractivity contribution in [2.75, 3.05) is 20.1 Å². The first-order chi connectivity index (χ1) is 6.15. The third-order valence-corrected chi connectivity index (χ3v) is 3.92. The second kappa shape index (κ2) is 4.00. The Balaban J connectivity index is 0.000000396. The van der Waals surface area contributed by atoms with Crippen LogP contribution in [0.3, 0.4) is 0 Å². The van der Waals surface area contributed by atoms with Gasteiger partial charge in [-0.2, -0.15) is 0 Å². The van der Waals surface area contributed by atoms with Crippen LogP contribution in [-0.2, 0) is 0 Å². The van der Waals surface area contributed by atoms with Crippen molar-refractivity contribution in [3.05, 3.63) is 0 Å². The summed E-state index contributed by atoms with van der Waals surface area (Å²) in [5, 5.41) is 0. The predicted octanol–water partition coefficient (Wildman–Crippen LogP) is 3.01. The largest absolute Gasteiger partial charge is 0.306 e. The van der Waals surface area contributed by atoms with Gasteiger partial charge >= 0.3 is 0 Å². The Labute approximate surface area is 83.5 Å². The molecule has 0 radical (unpaired) electrons. The average molecular weight is 183 g/mol. The zero-order valence-corrected chi connectivity index (χ0v) is 9.93. The summed E-state index contributed by atoms with van der Waals surface area (Å²) in [6.45, 7) is 11.5. The first-order valence-electron chi connectivity index (χ1n) is 5.84. The highest BCUT2D eigenvalue weighted by Crippen LogP contribution is 2.62. The second-order valence-corrected chi connectivity index (χ2v) is 4.80. The van der Waals surface area contributed by atoms with Crippen LogP contribution >= 0.6 is 0 Å². The lowest BCUT2D eigenvalue weighted by Gasteiger charge is -2.31. The third kappa shape index (κ3) is 1.90. The molecule has 2 atom stereocenters. The molecule has 1 aliphatic carbocycles. The molecule has 1 saturated carbocycles. The van der Waals surface area contributed by atoms with Crippen molar-refractivity contribution >= 4 is 0 Å². The molecule has 0 aromatic rings. The number of nitrogens with zero attached hydrogens (tertiary/aromatic N) is 1. The highest BCUT2D eigenvalue weighted by Gasteiger charge is 2.57. The maximum absolute atomic E-state index is 2.48. The molecule has 0 aromatic heterocycles. The smallest absolute Gasteiger partial charge is 0.00122 e. The minimum atomic E-state index is 0.784. The predicted molar refractivity (Wildman–Crippen MR) is 58.8 cm³/mol. The van der Waals surface area contributed by atoms with E-state index in [4.69, 9.17) is 0 Å². The SMILES string of the molecule is CC.CC(C)C12CCN(C)CC1C2. The van der Waals surface area contributed by atoms with Crippen molar-refractivity contribution in [2.24, 2.45) is 17.3 Å². The fourth-order valence-corrected chi connectivity index (χ4v) is 2.81. The van der Waals surface area contributed by atoms with Gasteiger partial charge in [0.15, 0.2) is 0 Å². The average Bonchev–Trinajstić information content (AvgIpc) is 2.83.